The number of carbonyl (C=O) groups is 1. The number of hydrogen-bond donors (Lipinski definition) is 1. The van der Waals surface area contributed by atoms with Crippen molar-refractivity contribution < 1.29 is 31.1 Å². The van der Waals surface area contributed by atoms with E-state index in [-0.39, 0.29) is 24.2 Å². The van der Waals surface area contributed by atoms with E-state index < -0.39 is 43.7 Å². The summed E-state index contributed by atoms with van der Waals surface area (Å²) in [6.07, 6.45) is -4.92. The summed E-state index contributed by atoms with van der Waals surface area (Å²) in [5.74, 6) is 0. The summed E-state index contributed by atoms with van der Waals surface area (Å²) in [5.41, 5.74) is -0.893. The Balaban J connectivity index is 1.85. The van der Waals surface area contributed by atoms with E-state index in [4.69, 9.17) is 4.74 Å². The Morgan fingerprint density at radius 3 is 2.42 bits per heavy atom. The third-order valence-electron chi connectivity index (χ3n) is 4.53. The van der Waals surface area contributed by atoms with Crippen LogP contribution in [-0.2, 0) is 20.9 Å². The number of benzene rings is 1. The van der Waals surface area contributed by atoms with Crippen LogP contribution >= 0.6 is 11.3 Å². The summed E-state index contributed by atoms with van der Waals surface area (Å²) in [6.45, 7) is 5.53. The largest absolute Gasteiger partial charge is 0.444 e. The molecule has 0 radical (unpaired) electrons. The highest BCUT2D eigenvalue weighted by molar-refractivity contribution is 7.89. The molecule has 3 rings (SSSR count). The smallest absolute Gasteiger partial charge is 0.426 e. The zero-order valence-electron chi connectivity index (χ0n) is 17.2. The van der Waals surface area contributed by atoms with E-state index in [9.17, 15) is 26.4 Å². The highest BCUT2D eigenvalue weighted by atomic mass is 32.2. The van der Waals surface area contributed by atoms with Gasteiger partial charge < -0.3 is 9.64 Å². The highest BCUT2D eigenvalue weighted by Crippen LogP contribution is 2.44. The third-order valence-corrected chi connectivity index (χ3v) is 7.25. The normalized spacial score (nSPS) is 17.7. The summed E-state index contributed by atoms with van der Waals surface area (Å²) in [4.78, 5) is 12.2. The molecule has 2 aromatic rings. The van der Waals surface area contributed by atoms with Crippen molar-refractivity contribution in [1.82, 2.24) is 9.62 Å². The first kappa shape index (κ1) is 23.6. The lowest BCUT2D eigenvalue weighted by molar-refractivity contribution is -0.133. The molecule has 1 fully saturated rings. The number of alkyl halides is 3. The Bertz CT molecular complexity index is 1040. The van der Waals surface area contributed by atoms with Crippen molar-refractivity contribution in [2.75, 3.05) is 13.1 Å². The quantitative estimate of drug-likeness (QED) is 0.693. The molecular weight excluding hydrogens is 453 g/mol. The molecule has 0 bridgehead atoms. The molecule has 1 saturated heterocycles. The second kappa shape index (κ2) is 8.44. The fourth-order valence-corrected chi connectivity index (χ4v) is 6.04. The molecule has 11 heteroatoms. The van der Waals surface area contributed by atoms with E-state index in [2.05, 4.69) is 4.72 Å². The van der Waals surface area contributed by atoms with E-state index in [1.165, 1.54) is 17.0 Å². The monoisotopic (exact) mass is 476 g/mol. The van der Waals surface area contributed by atoms with Gasteiger partial charge in [0, 0.05) is 30.1 Å². The fourth-order valence-electron chi connectivity index (χ4n) is 3.26. The average molecular weight is 477 g/mol. The van der Waals surface area contributed by atoms with Crippen LogP contribution in [0.25, 0.3) is 11.1 Å². The van der Waals surface area contributed by atoms with E-state index >= 15 is 0 Å². The summed E-state index contributed by atoms with van der Waals surface area (Å²) < 4.78 is 74.4. The van der Waals surface area contributed by atoms with E-state index in [1.54, 1.807) is 39.0 Å². The van der Waals surface area contributed by atoms with Gasteiger partial charge in [0.25, 0.3) is 0 Å². The minimum atomic E-state index is -4.69. The van der Waals surface area contributed by atoms with Crippen LogP contribution in [0, 0.1) is 0 Å². The van der Waals surface area contributed by atoms with Gasteiger partial charge in [0.1, 0.15) is 15.4 Å². The molecule has 6 nitrogen and oxygen atoms in total. The van der Waals surface area contributed by atoms with Gasteiger partial charge in [0.2, 0.25) is 10.0 Å². The molecule has 1 aromatic carbocycles. The molecule has 0 spiro atoms. The Labute approximate surface area is 183 Å². The molecule has 2 heterocycles. The summed E-state index contributed by atoms with van der Waals surface area (Å²) in [6, 6.07) is 6.99. The number of thiophene rings is 1. The topological polar surface area (TPSA) is 75.7 Å². The first-order valence-electron chi connectivity index (χ1n) is 9.52. The maximum atomic E-state index is 13.6. The maximum Gasteiger partial charge on any atom is 0.426 e. The van der Waals surface area contributed by atoms with Gasteiger partial charge in [-0.25, -0.2) is 17.9 Å². The van der Waals surface area contributed by atoms with Crippen molar-refractivity contribution >= 4 is 27.5 Å². The van der Waals surface area contributed by atoms with E-state index in [0.29, 0.717) is 17.8 Å². The highest BCUT2D eigenvalue weighted by Gasteiger charge is 2.40. The number of sulfonamides is 1. The number of nitrogens with one attached hydrogen (secondary N) is 1. The van der Waals surface area contributed by atoms with Crippen LogP contribution in [0.2, 0.25) is 0 Å². The minimum absolute atomic E-state index is 0.0745. The number of nitrogens with zero attached hydrogens (tertiary/aromatic N) is 1. The molecule has 1 aliphatic rings. The fraction of sp³-hybridized carbons (Fsp3) is 0.450. The van der Waals surface area contributed by atoms with Gasteiger partial charge in [0.15, 0.2) is 0 Å². The predicted octanol–water partition coefficient (Wildman–Crippen LogP) is 4.72. The zero-order chi connectivity index (χ0) is 23.0. The molecule has 0 saturated carbocycles. The van der Waals surface area contributed by atoms with E-state index in [1.807, 2.05) is 0 Å². The van der Waals surface area contributed by atoms with Crippen molar-refractivity contribution in [3.8, 4) is 11.1 Å². The van der Waals surface area contributed by atoms with Gasteiger partial charge in [-0.05, 0) is 32.8 Å². The Hall–Kier alpha value is -2.11. The van der Waals surface area contributed by atoms with Crippen LogP contribution in [0.15, 0.2) is 40.6 Å². The Kier molecular flexibility index (Phi) is 6.41. The maximum absolute atomic E-state index is 13.6. The first-order chi connectivity index (χ1) is 14.3. The van der Waals surface area contributed by atoms with Crippen LogP contribution in [-0.4, -0.2) is 44.1 Å². The van der Waals surface area contributed by atoms with E-state index in [0.717, 1.165) is 5.38 Å². The lowest BCUT2D eigenvalue weighted by Crippen LogP contribution is -2.40. The van der Waals surface area contributed by atoms with Crippen molar-refractivity contribution in [2.45, 2.75) is 49.9 Å². The second-order valence-corrected chi connectivity index (χ2v) is 10.8. The minimum Gasteiger partial charge on any atom is -0.444 e. The molecule has 0 unspecified atom stereocenters. The number of rotatable bonds is 4. The summed E-state index contributed by atoms with van der Waals surface area (Å²) in [7, 11) is -4.26. The molecule has 1 aliphatic heterocycles. The third kappa shape index (κ3) is 5.58. The van der Waals surface area contributed by atoms with Crippen molar-refractivity contribution in [1.29, 1.82) is 0 Å². The van der Waals surface area contributed by atoms with Crippen LogP contribution in [0.5, 0.6) is 0 Å². The standard InChI is InChI=1S/C20H23F3N2O4S2/c1-19(2,3)29-18(26)25-10-9-14(11-25)24-31(27,28)15-12-30-17(20(21,22)23)16(15)13-7-5-4-6-8-13/h4-8,12,14,24H,9-11H2,1-3H3/t14-/m1/s1. The average Bonchev–Trinajstić information content (AvgIpc) is 3.27. The molecule has 0 aliphatic carbocycles. The number of hydrogen-bond acceptors (Lipinski definition) is 5. The molecule has 31 heavy (non-hydrogen) atoms. The van der Waals surface area contributed by atoms with Gasteiger partial charge in [-0.15, -0.1) is 11.3 Å². The van der Waals surface area contributed by atoms with Crippen molar-refractivity contribution in [2.24, 2.45) is 0 Å². The molecule has 1 atom stereocenters. The molecular formula is C20H23F3N2O4S2. The summed E-state index contributed by atoms with van der Waals surface area (Å²) >= 11 is 0.346. The van der Waals surface area contributed by atoms with Gasteiger partial charge in [0.05, 0.1) is 0 Å². The van der Waals surface area contributed by atoms with Gasteiger partial charge >= 0.3 is 12.3 Å². The molecule has 170 valence electrons. The molecule has 1 amide bonds. The van der Waals surface area contributed by atoms with Crippen molar-refractivity contribution in [3.05, 3.63) is 40.6 Å². The second-order valence-electron chi connectivity index (χ2n) is 8.20. The van der Waals surface area contributed by atoms with Gasteiger partial charge in [-0.3, -0.25) is 0 Å². The van der Waals surface area contributed by atoms with Crippen molar-refractivity contribution in [3.63, 3.8) is 0 Å². The first-order valence-corrected chi connectivity index (χ1v) is 11.9. The lowest BCUT2D eigenvalue weighted by Gasteiger charge is -2.24. The Morgan fingerprint density at radius 1 is 1.19 bits per heavy atom. The molecule has 1 aromatic heterocycles. The number of carbonyl (C=O) groups excluding carboxylic acids is 1. The van der Waals surface area contributed by atoms with Gasteiger partial charge in [-0.1, -0.05) is 30.3 Å². The number of ether oxygens (including phenoxy) is 1. The Morgan fingerprint density at radius 2 is 1.84 bits per heavy atom. The SMILES string of the molecule is CC(C)(C)OC(=O)N1CC[C@@H](NS(=O)(=O)c2csc(C(F)(F)F)c2-c2ccccc2)C1. The van der Waals surface area contributed by atoms with Crippen LogP contribution in [0.4, 0.5) is 18.0 Å². The number of likely N-dealkylation sites (tertiary alicyclic amines) is 1. The van der Waals surface area contributed by atoms with Crippen LogP contribution in [0.3, 0.4) is 0 Å². The number of halogens is 3. The van der Waals surface area contributed by atoms with Crippen LogP contribution in [0.1, 0.15) is 32.1 Å². The number of amides is 1. The van der Waals surface area contributed by atoms with Gasteiger partial charge in [-0.2, -0.15) is 13.2 Å². The lowest BCUT2D eigenvalue weighted by atomic mass is 10.1. The predicted molar refractivity (Wildman–Crippen MR) is 111 cm³/mol. The zero-order valence-corrected chi connectivity index (χ0v) is 18.8. The molecule has 1 N–H and O–H groups in total. The summed E-state index contributed by atoms with van der Waals surface area (Å²) in [5, 5.41) is 1.01. The van der Waals surface area contributed by atoms with Crippen LogP contribution < -0.4 is 4.72 Å².